The molecule has 1 saturated heterocycles. The fourth-order valence-electron chi connectivity index (χ4n) is 3.43. The van der Waals surface area contributed by atoms with Gasteiger partial charge in [-0.2, -0.15) is 0 Å². The fourth-order valence-corrected chi connectivity index (χ4v) is 3.43. The van der Waals surface area contributed by atoms with E-state index in [0.29, 0.717) is 17.9 Å². The quantitative estimate of drug-likeness (QED) is 0.625. The molecule has 2 rings (SSSR count). The Balaban J connectivity index is 2.13. The molecular weight excluding hydrogens is 351 g/mol. The lowest BCUT2D eigenvalue weighted by molar-refractivity contribution is -0.135. The van der Waals surface area contributed by atoms with Crippen LogP contribution in [0, 0.1) is 11.7 Å². The summed E-state index contributed by atoms with van der Waals surface area (Å²) in [6.07, 6.45) is 0.669. The predicted molar refractivity (Wildman–Crippen MR) is 99.1 cm³/mol. The number of rotatable bonds is 7. The molecule has 2 unspecified atom stereocenters. The molecule has 0 spiro atoms. The van der Waals surface area contributed by atoms with E-state index >= 15 is 0 Å². The molecule has 0 saturated carbocycles. The number of hydrogen-bond acceptors (Lipinski definition) is 4. The first kappa shape index (κ1) is 20.8. The molecule has 1 aromatic carbocycles. The van der Waals surface area contributed by atoms with Crippen molar-refractivity contribution >= 4 is 17.8 Å². The van der Waals surface area contributed by atoms with Gasteiger partial charge in [0.05, 0.1) is 0 Å². The van der Waals surface area contributed by atoms with Gasteiger partial charge in [-0.25, -0.2) is 9.18 Å². The molecular formula is C19H27FN4O3. The molecule has 1 fully saturated rings. The Morgan fingerprint density at radius 2 is 1.93 bits per heavy atom. The molecule has 2 atom stereocenters. The summed E-state index contributed by atoms with van der Waals surface area (Å²) >= 11 is 0. The molecule has 0 radical (unpaired) electrons. The smallest absolute Gasteiger partial charge is 0.325 e. The van der Waals surface area contributed by atoms with E-state index in [9.17, 15) is 18.8 Å². The van der Waals surface area contributed by atoms with E-state index in [4.69, 9.17) is 5.73 Å². The molecule has 1 aromatic rings. The SMILES string of the molecule is CC(C)CC(C)(CN)NC(=O)CN1C(=O)NC(C)(c2ccc(F)cc2)C1=O. The number of nitrogens with zero attached hydrogens (tertiary/aromatic N) is 1. The van der Waals surface area contributed by atoms with E-state index in [1.165, 1.54) is 31.2 Å². The summed E-state index contributed by atoms with van der Waals surface area (Å²) in [6, 6.07) is 4.64. The zero-order chi connectivity index (χ0) is 20.4. The first-order valence-corrected chi connectivity index (χ1v) is 8.92. The maximum Gasteiger partial charge on any atom is 0.325 e. The van der Waals surface area contributed by atoms with Crippen molar-refractivity contribution in [2.45, 2.75) is 45.2 Å². The minimum Gasteiger partial charge on any atom is -0.348 e. The van der Waals surface area contributed by atoms with Gasteiger partial charge in [-0.05, 0) is 43.9 Å². The van der Waals surface area contributed by atoms with E-state index in [2.05, 4.69) is 10.6 Å². The highest BCUT2D eigenvalue weighted by molar-refractivity contribution is 6.09. The molecule has 1 heterocycles. The Bertz CT molecular complexity index is 737. The van der Waals surface area contributed by atoms with Gasteiger partial charge in [-0.1, -0.05) is 26.0 Å². The van der Waals surface area contributed by atoms with Crippen molar-refractivity contribution in [3.05, 3.63) is 35.6 Å². The average Bonchev–Trinajstić information content (AvgIpc) is 2.78. The second kappa shape index (κ2) is 7.64. The second-order valence-corrected chi connectivity index (χ2v) is 7.86. The summed E-state index contributed by atoms with van der Waals surface area (Å²) in [6.45, 7) is 7.23. The Hall–Kier alpha value is -2.48. The highest BCUT2D eigenvalue weighted by Gasteiger charge is 2.49. The van der Waals surface area contributed by atoms with Crippen LogP contribution >= 0.6 is 0 Å². The number of urea groups is 1. The van der Waals surface area contributed by atoms with Crippen molar-refractivity contribution in [2.75, 3.05) is 13.1 Å². The van der Waals surface area contributed by atoms with Gasteiger partial charge in [0.1, 0.15) is 17.9 Å². The van der Waals surface area contributed by atoms with Gasteiger partial charge in [-0.15, -0.1) is 0 Å². The summed E-state index contributed by atoms with van der Waals surface area (Å²) in [5.74, 6) is -1.15. The van der Waals surface area contributed by atoms with E-state index in [1.54, 1.807) is 0 Å². The van der Waals surface area contributed by atoms with Gasteiger partial charge < -0.3 is 16.4 Å². The molecule has 4 amide bonds. The minimum absolute atomic E-state index is 0.240. The zero-order valence-corrected chi connectivity index (χ0v) is 16.1. The number of halogens is 1. The molecule has 148 valence electrons. The van der Waals surface area contributed by atoms with Crippen LogP contribution in [0.15, 0.2) is 24.3 Å². The molecule has 0 aromatic heterocycles. The Morgan fingerprint density at radius 3 is 2.44 bits per heavy atom. The number of amides is 4. The number of nitrogens with two attached hydrogens (primary N) is 1. The topological polar surface area (TPSA) is 105 Å². The molecule has 27 heavy (non-hydrogen) atoms. The van der Waals surface area contributed by atoms with Crippen LogP contribution in [-0.2, 0) is 15.1 Å². The van der Waals surface area contributed by atoms with Crippen LogP contribution in [0.25, 0.3) is 0 Å². The number of nitrogens with one attached hydrogen (secondary N) is 2. The lowest BCUT2D eigenvalue weighted by Gasteiger charge is -2.31. The van der Waals surface area contributed by atoms with Crippen LogP contribution in [0.1, 0.15) is 39.7 Å². The molecule has 1 aliphatic heterocycles. The summed E-state index contributed by atoms with van der Waals surface area (Å²) in [7, 11) is 0. The van der Waals surface area contributed by atoms with Crippen LogP contribution in [0.4, 0.5) is 9.18 Å². The van der Waals surface area contributed by atoms with Crippen molar-refractivity contribution in [3.8, 4) is 0 Å². The van der Waals surface area contributed by atoms with Crippen LogP contribution in [0.2, 0.25) is 0 Å². The van der Waals surface area contributed by atoms with Crippen LogP contribution in [0.3, 0.4) is 0 Å². The fraction of sp³-hybridized carbons (Fsp3) is 0.526. The van der Waals surface area contributed by atoms with Crippen LogP contribution in [-0.4, -0.2) is 41.4 Å². The third-order valence-electron chi connectivity index (χ3n) is 4.75. The summed E-state index contributed by atoms with van der Waals surface area (Å²) < 4.78 is 13.2. The van der Waals surface area contributed by atoms with Crippen molar-refractivity contribution in [2.24, 2.45) is 11.7 Å². The average molecular weight is 378 g/mol. The van der Waals surface area contributed by atoms with Crippen molar-refractivity contribution in [1.29, 1.82) is 0 Å². The van der Waals surface area contributed by atoms with Crippen molar-refractivity contribution in [1.82, 2.24) is 15.5 Å². The molecule has 8 heteroatoms. The van der Waals surface area contributed by atoms with E-state index in [-0.39, 0.29) is 6.54 Å². The number of carbonyl (C=O) groups is 3. The molecule has 7 nitrogen and oxygen atoms in total. The molecule has 0 bridgehead atoms. The zero-order valence-electron chi connectivity index (χ0n) is 16.1. The highest BCUT2D eigenvalue weighted by atomic mass is 19.1. The van der Waals surface area contributed by atoms with Gasteiger partial charge in [0, 0.05) is 12.1 Å². The van der Waals surface area contributed by atoms with Gasteiger partial charge in [0.25, 0.3) is 5.91 Å². The van der Waals surface area contributed by atoms with Gasteiger partial charge in [0.15, 0.2) is 0 Å². The van der Waals surface area contributed by atoms with Gasteiger partial charge in [0.2, 0.25) is 5.91 Å². The Labute approximate surface area is 158 Å². The largest absolute Gasteiger partial charge is 0.348 e. The monoisotopic (exact) mass is 378 g/mol. The number of benzene rings is 1. The normalized spacial score (nSPS) is 22.0. The first-order valence-electron chi connectivity index (χ1n) is 8.92. The van der Waals surface area contributed by atoms with Gasteiger partial charge >= 0.3 is 6.03 Å². The lowest BCUT2D eigenvalue weighted by atomic mass is 9.90. The molecule has 1 aliphatic rings. The minimum atomic E-state index is -1.35. The summed E-state index contributed by atoms with van der Waals surface area (Å²) in [4.78, 5) is 38.4. The van der Waals surface area contributed by atoms with Crippen LogP contribution < -0.4 is 16.4 Å². The van der Waals surface area contributed by atoms with Crippen molar-refractivity contribution < 1.29 is 18.8 Å². The predicted octanol–water partition coefficient (Wildman–Crippen LogP) is 1.47. The Kier molecular flexibility index (Phi) is 5.89. The Morgan fingerprint density at radius 1 is 1.33 bits per heavy atom. The highest BCUT2D eigenvalue weighted by Crippen LogP contribution is 2.28. The van der Waals surface area contributed by atoms with E-state index in [0.717, 1.165) is 4.90 Å². The lowest BCUT2D eigenvalue weighted by Crippen LogP contribution is -2.55. The maximum atomic E-state index is 13.2. The third-order valence-corrected chi connectivity index (χ3v) is 4.75. The summed E-state index contributed by atoms with van der Waals surface area (Å²) in [5, 5.41) is 5.42. The molecule has 4 N–H and O–H groups in total. The maximum absolute atomic E-state index is 13.2. The standard InChI is InChI=1S/C19H27FN4O3/c1-12(2)9-18(3,11-21)22-15(25)10-24-16(26)19(4,23-17(24)27)13-5-7-14(20)8-6-13/h5-8,12H,9-11,21H2,1-4H3,(H,22,25)(H,23,27). The number of imide groups is 1. The van der Waals surface area contributed by atoms with Gasteiger partial charge in [-0.3, -0.25) is 14.5 Å². The van der Waals surface area contributed by atoms with Crippen molar-refractivity contribution in [3.63, 3.8) is 0 Å². The molecule has 0 aliphatic carbocycles. The number of carbonyl (C=O) groups excluding carboxylic acids is 3. The van der Waals surface area contributed by atoms with E-state index < -0.39 is 41.3 Å². The second-order valence-electron chi connectivity index (χ2n) is 7.86. The third kappa shape index (κ3) is 4.44. The van der Waals surface area contributed by atoms with E-state index in [1.807, 2.05) is 20.8 Å². The summed E-state index contributed by atoms with van der Waals surface area (Å²) in [5.41, 5.74) is 4.27. The number of hydrogen-bond donors (Lipinski definition) is 3. The first-order chi connectivity index (χ1) is 12.5. The van der Waals surface area contributed by atoms with Crippen LogP contribution in [0.5, 0.6) is 0 Å².